The van der Waals surface area contributed by atoms with Crippen LogP contribution in [0.2, 0.25) is 0 Å². The minimum absolute atomic E-state index is 0.109. The first-order valence-corrected chi connectivity index (χ1v) is 10.8. The second kappa shape index (κ2) is 7.42. The van der Waals surface area contributed by atoms with E-state index in [2.05, 4.69) is 5.32 Å². The fourth-order valence-corrected chi connectivity index (χ4v) is 5.37. The fourth-order valence-electron chi connectivity index (χ4n) is 2.79. The van der Waals surface area contributed by atoms with Crippen molar-refractivity contribution in [2.45, 2.75) is 48.4 Å². The van der Waals surface area contributed by atoms with Crippen molar-refractivity contribution in [1.82, 2.24) is 4.31 Å². The van der Waals surface area contributed by atoms with E-state index < -0.39 is 10.0 Å². The van der Waals surface area contributed by atoms with Crippen molar-refractivity contribution in [2.75, 3.05) is 5.32 Å². The Balaban J connectivity index is 1.95. The van der Waals surface area contributed by atoms with Crippen molar-refractivity contribution in [3.8, 4) is 0 Å². The van der Waals surface area contributed by atoms with Gasteiger partial charge in [-0.25, -0.2) is 8.42 Å². The maximum Gasteiger partial charge on any atom is 0.243 e. The zero-order valence-electron chi connectivity index (χ0n) is 15.0. The predicted molar refractivity (Wildman–Crippen MR) is 105 cm³/mol. The summed E-state index contributed by atoms with van der Waals surface area (Å²) in [6.07, 6.45) is 0. The molecule has 1 N–H and O–H groups in total. The number of sulfonamides is 1. The lowest BCUT2D eigenvalue weighted by Crippen LogP contribution is -2.36. The summed E-state index contributed by atoms with van der Waals surface area (Å²) in [5, 5.41) is 2.61. The molecular formula is C19H22N2O3S2. The second-order valence-electron chi connectivity index (χ2n) is 6.54. The Labute approximate surface area is 158 Å². The van der Waals surface area contributed by atoms with Gasteiger partial charge in [0.15, 0.2) is 0 Å². The monoisotopic (exact) mass is 390 g/mol. The molecule has 26 heavy (non-hydrogen) atoms. The number of nitrogens with one attached hydrogen (secondary N) is 1. The van der Waals surface area contributed by atoms with E-state index in [0.717, 1.165) is 10.5 Å². The zero-order valence-corrected chi connectivity index (χ0v) is 16.6. The van der Waals surface area contributed by atoms with Crippen molar-refractivity contribution in [3.63, 3.8) is 0 Å². The Kier molecular flexibility index (Phi) is 5.41. The lowest BCUT2D eigenvalue weighted by Gasteiger charge is -2.27. The number of carbonyl (C=O) groups excluding carboxylic acids is 1. The first-order valence-electron chi connectivity index (χ1n) is 8.46. The molecule has 0 saturated heterocycles. The number of carbonyl (C=O) groups is 1. The van der Waals surface area contributed by atoms with Crippen LogP contribution >= 0.6 is 11.8 Å². The van der Waals surface area contributed by atoms with Crippen LogP contribution in [0.3, 0.4) is 0 Å². The van der Waals surface area contributed by atoms with Crippen LogP contribution in [0, 0.1) is 0 Å². The molecule has 2 aromatic carbocycles. The van der Waals surface area contributed by atoms with Crippen LogP contribution in [0.4, 0.5) is 5.69 Å². The molecule has 3 rings (SSSR count). The lowest BCUT2D eigenvalue weighted by molar-refractivity contribution is -0.115. The van der Waals surface area contributed by atoms with E-state index in [1.165, 1.54) is 16.1 Å². The highest BCUT2D eigenvalue weighted by atomic mass is 32.2. The smallest absolute Gasteiger partial charge is 0.243 e. The van der Waals surface area contributed by atoms with Crippen molar-refractivity contribution in [1.29, 1.82) is 0 Å². The van der Waals surface area contributed by atoms with Gasteiger partial charge in [-0.2, -0.15) is 4.31 Å². The normalized spacial score (nSPS) is 17.3. The van der Waals surface area contributed by atoms with Crippen LogP contribution in [0.1, 0.15) is 26.3 Å². The van der Waals surface area contributed by atoms with Crippen LogP contribution < -0.4 is 5.32 Å². The van der Waals surface area contributed by atoms with Gasteiger partial charge < -0.3 is 5.32 Å². The molecule has 5 nitrogen and oxygen atoms in total. The standard InChI is InChI=1S/C19H22N2O3S2/c1-13(2)21(12-15-7-5-4-6-8-15)26(23,24)16-9-10-18-17(11-16)20-19(22)14(3)25-18/h4-11,13-14H,12H2,1-3H3,(H,20,22). The van der Waals surface area contributed by atoms with Gasteiger partial charge in [0.2, 0.25) is 15.9 Å². The molecule has 1 atom stereocenters. The van der Waals surface area contributed by atoms with Crippen molar-refractivity contribution in [2.24, 2.45) is 0 Å². The van der Waals surface area contributed by atoms with Gasteiger partial charge in [-0.3, -0.25) is 4.79 Å². The number of hydrogen-bond donors (Lipinski definition) is 1. The van der Waals surface area contributed by atoms with Crippen LogP contribution in [-0.4, -0.2) is 29.9 Å². The summed E-state index contributed by atoms with van der Waals surface area (Å²) >= 11 is 1.44. The Morgan fingerprint density at radius 1 is 1.15 bits per heavy atom. The number of nitrogens with zero attached hydrogens (tertiary/aromatic N) is 1. The van der Waals surface area contributed by atoms with Crippen LogP contribution in [0.25, 0.3) is 0 Å². The number of hydrogen-bond acceptors (Lipinski definition) is 4. The highest BCUT2D eigenvalue weighted by Gasteiger charge is 2.30. The molecule has 1 amide bonds. The first-order chi connectivity index (χ1) is 12.3. The Bertz CT molecular complexity index is 912. The van der Waals surface area contributed by atoms with Crippen molar-refractivity contribution >= 4 is 33.4 Å². The molecule has 0 radical (unpaired) electrons. The number of anilines is 1. The molecule has 0 fully saturated rings. The van der Waals surface area contributed by atoms with Crippen LogP contribution in [0.5, 0.6) is 0 Å². The van der Waals surface area contributed by atoms with Crippen LogP contribution in [0.15, 0.2) is 58.3 Å². The summed E-state index contributed by atoms with van der Waals surface area (Å²) in [6.45, 7) is 5.85. The number of amides is 1. The molecule has 0 spiro atoms. The van der Waals surface area contributed by atoms with Gasteiger partial charge in [0, 0.05) is 17.5 Å². The number of benzene rings is 2. The molecule has 0 saturated carbocycles. The van der Waals surface area contributed by atoms with Crippen molar-refractivity contribution < 1.29 is 13.2 Å². The van der Waals surface area contributed by atoms with Gasteiger partial charge in [0.1, 0.15) is 0 Å². The molecule has 1 unspecified atom stereocenters. The predicted octanol–water partition coefficient (Wildman–Crippen LogP) is 3.72. The van der Waals surface area contributed by atoms with Gasteiger partial charge in [-0.15, -0.1) is 11.8 Å². The molecule has 1 aliphatic heterocycles. The molecule has 1 aliphatic rings. The second-order valence-corrected chi connectivity index (χ2v) is 9.81. The van der Waals surface area contributed by atoms with Crippen LogP contribution in [-0.2, 0) is 21.4 Å². The molecule has 0 bridgehead atoms. The van der Waals surface area contributed by atoms with E-state index in [9.17, 15) is 13.2 Å². The number of rotatable bonds is 5. The third-order valence-electron chi connectivity index (χ3n) is 4.25. The third-order valence-corrected chi connectivity index (χ3v) is 7.44. The summed E-state index contributed by atoms with van der Waals surface area (Å²) < 4.78 is 27.9. The van der Waals surface area contributed by atoms with E-state index in [0.29, 0.717) is 12.2 Å². The largest absolute Gasteiger partial charge is 0.324 e. The first kappa shape index (κ1) is 18.9. The number of fused-ring (bicyclic) bond motifs is 1. The third kappa shape index (κ3) is 3.79. The molecule has 7 heteroatoms. The summed E-state index contributed by atoms with van der Waals surface area (Å²) in [6, 6.07) is 14.3. The summed E-state index contributed by atoms with van der Waals surface area (Å²) in [7, 11) is -3.69. The SMILES string of the molecule is CC1Sc2ccc(S(=O)(=O)N(Cc3ccccc3)C(C)C)cc2NC1=O. The van der Waals surface area contributed by atoms with E-state index in [4.69, 9.17) is 0 Å². The van der Waals surface area contributed by atoms with E-state index in [1.54, 1.807) is 18.2 Å². The van der Waals surface area contributed by atoms with Gasteiger partial charge in [0.05, 0.1) is 15.8 Å². The quantitative estimate of drug-likeness (QED) is 0.845. The van der Waals surface area contributed by atoms with Gasteiger partial charge >= 0.3 is 0 Å². The Morgan fingerprint density at radius 3 is 2.50 bits per heavy atom. The lowest BCUT2D eigenvalue weighted by atomic mass is 10.2. The maximum absolute atomic E-state index is 13.2. The minimum Gasteiger partial charge on any atom is -0.324 e. The van der Waals surface area contributed by atoms with E-state index in [-0.39, 0.29) is 22.1 Å². The van der Waals surface area contributed by atoms with Gasteiger partial charge in [-0.1, -0.05) is 30.3 Å². The summed E-state index contributed by atoms with van der Waals surface area (Å²) in [4.78, 5) is 13.0. The average Bonchev–Trinajstić information content (AvgIpc) is 2.60. The highest BCUT2D eigenvalue weighted by Crippen LogP contribution is 2.37. The molecule has 0 aliphatic carbocycles. The van der Waals surface area contributed by atoms with Crippen molar-refractivity contribution in [3.05, 3.63) is 54.1 Å². The Hall–Kier alpha value is -1.83. The molecule has 2 aromatic rings. The maximum atomic E-state index is 13.2. The molecule has 1 heterocycles. The summed E-state index contributed by atoms with van der Waals surface area (Å²) in [5.41, 5.74) is 1.49. The number of thioether (sulfide) groups is 1. The highest BCUT2D eigenvalue weighted by molar-refractivity contribution is 8.01. The Morgan fingerprint density at radius 2 is 1.85 bits per heavy atom. The minimum atomic E-state index is -3.69. The topological polar surface area (TPSA) is 66.5 Å². The zero-order chi connectivity index (χ0) is 18.9. The molecular weight excluding hydrogens is 368 g/mol. The summed E-state index contributed by atoms with van der Waals surface area (Å²) in [5.74, 6) is -0.109. The van der Waals surface area contributed by atoms with E-state index >= 15 is 0 Å². The van der Waals surface area contributed by atoms with Gasteiger partial charge in [0.25, 0.3) is 0 Å². The molecule has 138 valence electrons. The fraction of sp³-hybridized carbons (Fsp3) is 0.316. The van der Waals surface area contributed by atoms with E-state index in [1.807, 2.05) is 51.1 Å². The van der Waals surface area contributed by atoms with Gasteiger partial charge in [-0.05, 0) is 44.5 Å². The average molecular weight is 391 g/mol. The molecule has 0 aromatic heterocycles.